The number of carbonyl (C=O) groups excluding carboxylic acids is 1. The number of benzene rings is 2. The molecule has 1 heterocycles. The average molecular weight is 367 g/mol. The highest BCUT2D eigenvalue weighted by molar-refractivity contribution is 5.88. The van der Waals surface area contributed by atoms with E-state index in [4.69, 9.17) is 14.6 Å². The molecule has 0 aliphatic rings. The van der Waals surface area contributed by atoms with Crippen LogP contribution in [-0.4, -0.2) is 33.9 Å². The minimum Gasteiger partial charge on any atom is -0.508 e. The molecule has 3 N–H and O–H groups in total. The molecule has 2 aromatic carbocycles. The number of hydrogen-bond acceptors (Lipinski definition) is 5. The second-order valence-electron chi connectivity index (χ2n) is 6.17. The maximum absolute atomic E-state index is 12.2. The lowest BCUT2D eigenvalue weighted by Crippen LogP contribution is -2.16. The Kier molecular flexibility index (Phi) is 5.78. The van der Waals surface area contributed by atoms with Gasteiger partial charge in [0.25, 0.3) is 0 Å². The van der Waals surface area contributed by atoms with Crippen molar-refractivity contribution >= 4 is 5.97 Å². The van der Waals surface area contributed by atoms with Crippen molar-refractivity contribution in [3.8, 4) is 22.8 Å². The lowest BCUT2D eigenvalue weighted by Gasteiger charge is -2.13. The molecule has 6 heteroatoms. The van der Waals surface area contributed by atoms with Gasteiger partial charge in [0, 0.05) is 17.3 Å². The zero-order chi connectivity index (χ0) is 19.2. The summed E-state index contributed by atoms with van der Waals surface area (Å²) in [5.41, 5.74) is 2.51. The van der Waals surface area contributed by atoms with E-state index >= 15 is 0 Å². The first-order valence-electron chi connectivity index (χ1n) is 8.57. The quantitative estimate of drug-likeness (QED) is 0.556. The van der Waals surface area contributed by atoms with Crippen molar-refractivity contribution in [2.24, 2.45) is 0 Å². The van der Waals surface area contributed by atoms with Crippen LogP contribution in [0.2, 0.25) is 0 Å². The van der Waals surface area contributed by atoms with E-state index in [0.29, 0.717) is 22.7 Å². The summed E-state index contributed by atoms with van der Waals surface area (Å²) >= 11 is 0. The third kappa shape index (κ3) is 4.89. The summed E-state index contributed by atoms with van der Waals surface area (Å²) in [4.78, 5) is 15.2. The number of phenols is 1. The minimum atomic E-state index is -0.462. The van der Waals surface area contributed by atoms with Crippen molar-refractivity contribution in [3.63, 3.8) is 0 Å². The lowest BCUT2D eigenvalue weighted by molar-refractivity contribution is 0.0466. The van der Waals surface area contributed by atoms with Crippen LogP contribution in [0, 0.1) is 0 Å². The topological polar surface area (TPSA) is 91.8 Å². The second kappa shape index (κ2) is 8.42. The van der Waals surface area contributed by atoms with Crippen molar-refractivity contribution < 1.29 is 24.5 Å². The molecule has 0 aliphatic heterocycles. The van der Waals surface area contributed by atoms with E-state index in [1.54, 1.807) is 31.2 Å². The maximum atomic E-state index is 12.2. The van der Waals surface area contributed by atoms with Gasteiger partial charge in [0.05, 0.1) is 6.61 Å². The summed E-state index contributed by atoms with van der Waals surface area (Å²) in [5.74, 6) is -0.0135. The van der Waals surface area contributed by atoms with E-state index in [0.717, 1.165) is 5.56 Å². The molecule has 3 aromatic rings. The summed E-state index contributed by atoms with van der Waals surface area (Å²) in [5, 5.41) is 19.0. The van der Waals surface area contributed by atoms with E-state index in [2.05, 4.69) is 4.98 Å². The number of H-pyrrole nitrogens is 1. The Balaban J connectivity index is 1.72. The van der Waals surface area contributed by atoms with Crippen LogP contribution in [-0.2, 0) is 11.3 Å². The number of aromatic hydroxyl groups is 1. The second-order valence-corrected chi connectivity index (χ2v) is 6.17. The number of carbonyl (C=O) groups is 1. The third-order valence-corrected chi connectivity index (χ3v) is 3.92. The van der Waals surface area contributed by atoms with Crippen LogP contribution in [0.15, 0.2) is 60.7 Å². The molecule has 0 spiro atoms. The zero-order valence-corrected chi connectivity index (χ0v) is 14.9. The van der Waals surface area contributed by atoms with Gasteiger partial charge in [0.2, 0.25) is 0 Å². The average Bonchev–Trinajstić information content (AvgIpc) is 3.17. The van der Waals surface area contributed by atoms with Crippen molar-refractivity contribution in [2.75, 3.05) is 6.61 Å². The first-order valence-corrected chi connectivity index (χ1v) is 8.57. The Morgan fingerprint density at radius 2 is 1.89 bits per heavy atom. The Bertz CT molecular complexity index is 904. The Morgan fingerprint density at radius 1 is 1.11 bits per heavy atom. The summed E-state index contributed by atoms with van der Waals surface area (Å²) in [6.45, 7) is 1.78. The van der Waals surface area contributed by atoms with Crippen LogP contribution >= 0.6 is 0 Å². The molecule has 140 valence electrons. The van der Waals surface area contributed by atoms with E-state index in [-0.39, 0.29) is 19.0 Å². The Morgan fingerprint density at radius 3 is 2.63 bits per heavy atom. The molecule has 27 heavy (non-hydrogen) atoms. The van der Waals surface area contributed by atoms with Crippen LogP contribution < -0.4 is 4.74 Å². The number of hydrogen-bond donors (Lipinski definition) is 3. The predicted molar refractivity (Wildman–Crippen MR) is 101 cm³/mol. The van der Waals surface area contributed by atoms with E-state index in [1.807, 2.05) is 30.3 Å². The van der Waals surface area contributed by atoms with Crippen LogP contribution in [0.25, 0.3) is 11.3 Å². The van der Waals surface area contributed by atoms with E-state index in [9.17, 15) is 9.90 Å². The van der Waals surface area contributed by atoms with Gasteiger partial charge in [-0.1, -0.05) is 30.3 Å². The molecule has 1 atom stereocenters. The Labute approximate surface area is 157 Å². The highest BCUT2D eigenvalue weighted by Gasteiger charge is 2.13. The molecule has 0 bridgehead atoms. The van der Waals surface area contributed by atoms with Gasteiger partial charge in [0.15, 0.2) is 0 Å². The van der Waals surface area contributed by atoms with Crippen LogP contribution in [0.4, 0.5) is 0 Å². The van der Waals surface area contributed by atoms with Gasteiger partial charge in [-0.25, -0.2) is 4.79 Å². The fourth-order valence-electron chi connectivity index (χ4n) is 2.56. The SMILES string of the molecule is C[C@@H](CO)Oc1cc(O)cc(-c2ccc(C(=O)OCc3ccccc3)[nH]2)c1. The van der Waals surface area contributed by atoms with E-state index in [1.165, 1.54) is 6.07 Å². The molecule has 0 fully saturated rings. The van der Waals surface area contributed by atoms with Gasteiger partial charge in [0.1, 0.15) is 29.9 Å². The summed E-state index contributed by atoms with van der Waals surface area (Å²) in [7, 11) is 0. The van der Waals surface area contributed by atoms with Crippen molar-refractivity contribution in [1.82, 2.24) is 4.98 Å². The normalized spacial score (nSPS) is 11.8. The fourth-order valence-corrected chi connectivity index (χ4v) is 2.56. The summed E-state index contributed by atoms with van der Waals surface area (Å²) in [6.07, 6.45) is -0.396. The standard InChI is InChI=1S/C21H21NO5/c1-14(12-23)27-18-10-16(9-17(24)11-18)19-7-8-20(22-19)21(25)26-13-15-5-3-2-4-6-15/h2-11,14,22-24H,12-13H2,1H3/t14-/m0/s1. The number of aromatic nitrogens is 1. The molecule has 0 unspecified atom stereocenters. The lowest BCUT2D eigenvalue weighted by atomic mass is 10.1. The van der Waals surface area contributed by atoms with Crippen molar-refractivity contribution in [3.05, 3.63) is 71.9 Å². The zero-order valence-electron chi connectivity index (χ0n) is 14.9. The molecule has 6 nitrogen and oxygen atoms in total. The van der Waals surface area contributed by atoms with Gasteiger partial charge in [-0.15, -0.1) is 0 Å². The predicted octanol–water partition coefficient (Wildman–Crippen LogP) is 3.50. The molecule has 0 radical (unpaired) electrons. The largest absolute Gasteiger partial charge is 0.508 e. The first kappa shape index (κ1) is 18.5. The number of ether oxygens (including phenoxy) is 2. The van der Waals surface area contributed by atoms with Crippen LogP contribution in [0.5, 0.6) is 11.5 Å². The third-order valence-electron chi connectivity index (χ3n) is 3.92. The van der Waals surface area contributed by atoms with Gasteiger partial charge in [-0.2, -0.15) is 0 Å². The highest BCUT2D eigenvalue weighted by atomic mass is 16.5. The van der Waals surface area contributed by atoms with Crippen molar-refractivity contribution in [1.29, 1.82) is 0 Å². The summed E-state index contributed by atoms with van der Waals surface area (Å²) in [6, 6.07) is 17.5. The Hall–Kier alpha value is -3.25. The number of esters is 1. The number of aromatic amines is 1. The van der Waals surface area contributed by atoms with Gasteiger partial charge in [-0.05, 0) is 36.8 Å². The monoisotopic (exact) mass is 367 g/mol. The summed E-state index contributed by atoms with van der Waals surface area (Å²) < 4.78 is 10.8. The number of phenolic OH excluding ortho intramolecular Hbond substituents is 1. The van der Waals surface area contributed by atoms with Gasteiger partial charge < -0.3 is 24.7 Å². The number of aliphatic hydroxyl groups is 1. The number of aliphatic hydroxyl groups excluding tert-OH is 1. The molecular formula is C21H21NO5. The van der Waals surface area contributed by atoms with Gasteiger partial charge >= 0.3 is 5.97 Å². The fraction of sp³-hybridized carbons (Fsp3) is 0.190. The maximum Gasteiger partial charge on any atom is 0.355 e. The molecule has 0 aliphatic carbocycles. The number of nitrogens with one attached hydrogen (secondary N) is 1. The van der Waals surface area contributed by atoms with Crippen LogP contribution in [0.3, 0.4) is 0 Å². The van der Waals surface area contributed by atoms with Gasteiger partial charge in [-0.3, -0.25) is 0 Å². The smallest absolute Gasteiger partial charge is 0.355 e. The molecule has 1 aromatic heterocycles. The van der Waals surface area contributed by atoms with E-state index < -0.39 is 12.1 Å². The molecule has 0 saturated carbocycles. The molecule has 0 saturated heterocycles. The molecule has 3 rings (SSSR count). The highest BCUT2D eigenvalue weighted by Crippen LogP contribution is 2.29. The van der Waals surface area contributed by atoms with Crippen LogP contribution in [0.1, 0.15) is 23.0 Å². The first-order chi connectivity index (χ1) is 13.0. The minimum absolute atomic E-state index is 0.0236. The number of rotatable bonds is 7. The molecule has 0 amide bonds. The van der Waals surface area contributed by atoms with Crippen molar-refractivity contribution in [2.45, 2.75) is 19.6 Å². The molecular weight excluding hydrogens is 346 g/mol.